The van der Waals surface area contributed by atoms with E-state index in [0.717, 1.165) is 22.2 Å². The third-order valence-electron chi connectivity index (χ3n) is 4.85. The minimum atomic E-state index is -0.318. The number of anilines is 1. The number of benzene rings is 1. The van der Waals surface area contributed by atoms with Crippen molar-refractivity contribution in [2.45, 2.75) is 13.8 Å². The number of hydrogen-bond donors (Lipinski definition) is 1. The number of nitrogens with one attached hydrogen (secondary N) is 1. The lowest BCUT2D eigenvalue weighted by Gasteiger charge is -2.12. The molecule has 7 heteroatoms. The molecule has 0 radical (unpaired) electrons. The van der Waals surface area contributed by atoms with Crippen LogP contribution in [0.2, 0.25) is 0 Å². The summed E-state index contributed by atoms with van der Waals surface area (Å²) in [6, 6.07) is 12.4. The average Bonchev–Trinajstić information content (AvgIpc) is 2.72. The van der Waals surface area contributed by atoms with E-state index in [1.54, 1.807) is 42.1 Å². The Morgan fingerprint density at radius 2 is 1.90 bits per heavy atom. The number of nitrogens with zero attached hydrogens (tertiary/aromatic N) is 4. The van der Waals surface area contributed by atoms with E-state index in [9.17, 15) is 9.59 Å². The van der Waals surface area contributed by atoms with Crippen LogP contribution < -0.4 is 10.9 Å². The molecule has 7 nitrogen and oxygen atoms in total. The summed E-state index contributed by atoms with van der Waals surface area (Å²) in [6.45, 7) is 3.80. The van der Waals surface area contributed by atoms with Crippen molar-refractivity contribution < 1.29 is 4.79 Å². The van der Waals surface area contributed by atoms with E-state index in [1.165, 1.54) is 6.20 Å². The first-order valence-electron chi connectivity index (χ1n) is 9.10. The minimum Gasteiger partial charge on any atom is -0.311 e. The average molecular weight is 385 g/mol. The van der Waals surface area contributed by atoms with Gasteiger partial charge in [-0.15, -0.1) is 5.10 Å². The Morgan fingerprint density at radius 1 is 1.07 bits per heavy atom. The summed E-state index contributed by atoms with van der Waals surface area (Å²) in [5.74, 6) is 0.0457. The summed E-state index contributed by atoms with van der Waals surface area (Å²) in [6.07, 6.45) is 3.29. The van der Waals surface area contributed by atoms with E-state index in [2.05, 4.69) is 20.5 Å². The highest BCUT2D eigenvalue weighted by Gasteiger charge is 2.15. The van der Waals surface area contributed by atoms with Gasteiger partial charge in [0.15, 0.2) is 5.82 Å². The first-order chi connectivity index (χ1) is 13.9. The fourth-order valence-electron chi connectivity index (χ4n) is 3.27. The maximum absolute atomic E-state index is 13.0. The SMILES string of the molecule is Cc1cc2c(cn1)cc(-c1cc(C(=O)Nc3cccnn3)ccc1C)c(=O)n2C. The lowest BCUT2D eigenvalue weighted by molar-refractivity contribution is 0.102. The van der Waals surface area contributed by atoms with Gasteiger partial charge in [-0.05, 0) is 61.4 Å². The van der Waals surface area contributed by atoms with Crippen molar-refractivity contribution in [2.24, 2.45) is 7.05 Å². The quantitative estimate of drug-likeness (QED) is 0.585. The normalized spacial score (nSPS) is 10.9. The fourth-order valence-corrected chi connectivity index (χ4v) is 3.27. The van der Waals surface area contributed by atoms with Gasteiger partial charge in [-0.3, -0.25) is 14.6 Å². The van der Waals surface area contributed by atoms with E-state index in [1.807, 2.05) is 32.0 Å². The number of fused-ring (bicyclic) bond motifs is 1. The molecule has 0 bridgehead atoms. The Bertz CT molecular complexity index is 1300. The zero-order valence-corrected chi connectivity index (χ0v) is 16.3. The number of hydrogen-bond acceptors (Lipinski definition) is 5. The first kappa shape index (κ1) is 18.5. The van der Waals surface area contributed by atoms with E-state index in [4.69, 9.17) is 0 Å². The molecule has 0 aliphatic carbocycles. The molecule has 3 aromatic heterocycles. The number of rotatable bonds is 3. The molecule has 0 aliphatic heterocycles. The number of amides is 1. The molecular formula is C22H19N5O2. The summed E-state index contributed by atoms with van der Waals surface area (Å²) in [7, 11) is 1.74. The molecule has 4 aromatic rings. The van der Waals surface area contributed by atoms with Gasteiger partial charge in [0.05, 0.1) is 5.52 Å². The molecule has 0 saturated heterocycles. The topological polar surface area (TPSA) is 89.8 Å². The molecule has 1 N–H and O–H groups in total. The maximum atomic E-state index is 13.0. The van der Waals surface area contributed by atoms with E-state index in [-0.39, 0.29) is 11.5 Å². The molecule has 0 unspecified atom stereocenters. The van der Waals surface area contributed by atoms with Crippen molar-refractivity contribution in [3.8, 4) is 11.1 Å². The lowest BCUT2D eigenvalue weighted by Crippen LogP contribution is -2.20. The zero-order valence-electron chi connectivity index (χ0n) is 16.3. The highest BCUT2D eigenvalue weighted by Crippen LogP contribution is 2.25. The third-order valence-corrected chi connectivity index (χ3v) is 4.85. The monoisotopic (exact) mass is 385 g/mol. The molecule has 3 heterocycles. The van der Waals surface area contributed by atoms with Crippen LogP contribution in [0.3, 0.4) is 0 Å². The molecule has 144 valence electrons. The minimum absolute atomic E-state index is 0.127. The molecular weight excluding hydrogens is 366 g/mol. The van der Waals surface area contributed by atoms with Crippen LogP contribution in [-0.2, 0) is 7.05 Å². The second kappa shape index (κ2) is 7.27. The predicted molar refractivity (Wildman–Crippen MR) is 112 cm³/mol. The summed E-state index contributed by atoms with van der Waals surface area (Å²) in [5.41, 5.74) is 4.10. The summed E-state index contributed by atoms with van der Waals surface area (Å²) in [5, 5.41) is 11.2. The lowest BCUT2D eigenvalue weighted by atomic mass is 9.97. The molecule has 0 aliphatic rings. The fraction of sp³-hybridized carbons (Fsp3) is 0.136. The van der Waals surface area contributed by atoms with Gasteiger partial charge in [0, 0.05) is 41.6 Å². The smallest absolute Gasteiger partial charge is 0.258 e. The van der Waals surface area contributed by atoms with Crippen molar-refractivity contribution in [1.82, 2.24) is 19.7 Å². The van der Waals surface area contributed by atoms with Crippen LogP contribution in [0.25, 0.3) is 22.0 Å². The van der Waals surface area contributed by atoms with Gasteiger partial charge >= 0.3 is 0 Å². The van der Waals surface area contributed by atoms with Crippen LogP contribution in [0.1, 0.15) is 21.6 Å². The zero-order chi connectivity index (χ0) is 20.5. The predicted octanol–water partition coefficient (Wildman–Crippen LogP) is 3.26. The molecule has 0 spiro atoms. The Hall–Kier alpha value is -3.87. The second-order valence-corrected chi connectivity index (χ2v) is 6.90. The molecule has 1 amide bonds. The second-order valence-electron chi connectivity index (χ2n) is 6.90. The summed E-state index contributed by atoms with van der Waals surface area (Å²) < 4.78 is 1.62. The van der Waals surface area contributed by atoms with Crippen LogP contribution >= 0.6 is 0 Å². The molecule has 1 aromatic carbocycles. The van der Waals surface area contributed by atoms with Crippen LogP contribution in [0, 0.1) is 13.8 Å². The van der Waals surface area contributed by atoms with Crippen molar-refractivity contribution in [1.29, 1.82) is 0 Å². The van der Waals surface area contributed by atoms with E-state index >= 15 is 0 Å². The molecule has 0 atom stereocenters. The van der Waals surface area contributed by atoms with Gasteiger partial charge < -0.3 is 9.88 Å². The van der Waals surface area contributed by atoms with Crippen LogP contribution in [0.15, 0.2) is 59.7 Å². The number of carbonyl (C=O) groups excluding carboxylic acids is 1. The van der Waals surface area contributed by atoms with E-state index < -0.39 is 0 Å². The summed E-state index contributed by atoms with van der Waals surface area (Å²) >= 11 is 0. The standard InChI is InChI=1S/C22H19N5O2/c1-13-6-7-15(21(28)25-20-5-4-8-24-26-20)10-17(13)18-11-16-12-23-14(2)9-19(16)27(3)22(18)29/h4-12H,1-3H3,(H,25,26,28). The Balaban J connectivity index is 1.80. The Morgan fingerprint density at radius 3 is 2.66 bits per heavy atom. The Labute approximate surface area is 167 Å². The Kier molecular flexibility index (Phi) is 4.64. The van der Waals surface area contributed by atoms with Crippen molar-refractivity contribution >= 4 is 22.6 Å². The first-order valence-corrected chi connectivity index (χ1v) is 9.10. The summed E-state index contributed by atoms with van der Waals surface area (Å²) in [4.78, 5) is 30.0. The van der Waals surface area contributed by atoms with Crippen LogP contribution in [0.5, 0.6) is 0 Å². The van der Waals surface area contributed by atoms with Gasteiger partial charge in [-0.2, -0.15) is 5.10 Å². The number of aromatic nitrogens is 4. The highest BCUT2D eigenvalue weighted by atomic mass is 16.1. The molecule has 0 saturated carbocycles. The molecule has 29 heavy (non-hydrogen) atoms. The molecule has 4 rings (SSSR count). The van der Waals surface area contributed by atoms with Crippen LogP contribution in [-0.4, -0.2) is 25.7 Å². The van der Waals surface area contributed by atoms with Gasteiger partial charge in [0.25, 0.3) is 11.5 Å². The van der Waals surface area contributed by atoms with Gasteiger partial charge in [0.1, 0.15) is 0 Å². The van der Waals surface area contributed by atoms with Crippen molar-refractivity contribution in [2.75, 3.05) is 5.32 Å². The third kappa shape index (κ3) is 3.50. The number of aryl methyl sites for hydroxylation is 3. The van der Waals surface area contributed by atoms with Gasteiger partial charge in [0.2, 0.25) is 0 Å². The van der Waals surface area contributed by atoms with Gasteiger partial charge in [-0.25, -0.2) is 0 Å². The largest absolute Gasteiger partial charge is 0.311 e. The number of carbonyl (C=O) groups is 1. The highest BCUT2D eigenvalue weighted by molar-refractivity contribution is 6.04. The van der Waals surface area contributed by atoms with Crippen molar-refractivity contribution in [3.05, 3.63) is 82.0 Å². The van der Waals surface area contributed by atoms with E-state index in [0.29, 0.717) is 22.5 Å². The molecule has 0 fully saturated rings. The number of pyridine rings is 2. The van der Waals surface area contributed by atoms with Crippen molar-refractivity contribution in [3.63, 3.8) is 0 Å². The van der Waals surface area contributed by atoms with Gasteiger partial charge in [-0.1, -0.05) is 6.07 Å². The van der Waals surface area contributed by atoms with Crippen LogP contribution in [0.4, 0.5) is 5.82 Å². The maximum Gasteiger partial charge on any atom is 0.258 e.